The molecule has 0 radical (unpaired) electrons. The predicted molar refractivity (Wildman–Crippen MR) is 76.7 cm³/mol. The van der Waals surface area contributed by atoms with Gasteiger partial charge in [-0.3, -0.25) is 0 Å². The lowest BCUT2D eigenvalue weighted by Crippen LogP contribution is -2.51. The lowest BCUT2D eigenvalue weighted by molar-refractivity contribution is 0.348. The molecular formula is C14H22N2O2S. The fourth-order valence-electron chi connectivity index (χ4n) is 2.57. The van der Waals surface area contributed by atoms with Crippen LogP contribution in [-0.2, 0) is 10.0 Å². The Labute approximate surface area is 115 Å². The molecule has 2 N–H and O–H groups in total. The normalized spacial score (nSPS) is 24.4. The van der Waals surface area contributed by atoms with E-state index in [2.05, 4.69) is 10.0 Å². The van der Waals surface area contributed by atoms with E-state index in [9.17, 15) is 8.42 Å². The molecule has 19 heavy (non-hydrogen) atoms. The first-order valence-electron chi connectivity index (χ1n) is 6.73. The van der Waals surface area contributed by atoms with Gasteiger partial charge in [0.1, 0.15) is 0 Å². The maximum absolute atomic E-state index is 12.4. The third-order valence-electron chi connectivity index (χ3n) is 3.69. The summed E-state index contributed by atoms with van der Waals surface area (Å²) in [6.45, 7) is 6.78. The molecule has 4 nitrogen and oxygen atoms in total. The Bertz CT molecular complexity index is 555. The van der Waals surface area contributed by atoms with E-state index in [1.165, 1.54) is 0 Å². The lowest BCUT2D eigenvalue weighted by atomic mass is 10.0. The second-order valence-electron chi connectivity index (χ2n) is 5.38. The summed E-state index contributed by atoms with van der Waals surface area (Å²) in [6.07, 6.45) is 1.89. The van der Waals surface area contributed by atoms with E-state index in [1.807, 2.05) is 32.9 Å². The zero-order chi connectivity index (χ0) is 14.0. The molecule has 0 bridgehead atoms. The molecule has 2 rings (SSSR count). The second kappa shape index (κ2) is 5.61. The largest absolute Gasteiger partial charge is 0.313 e. The second-order valence-corrected chi connectivity index (χ2v) is 7.06. The lowest BCUT2D eigenvalue weighted by Gasteiger charge is -2.30. The Morgan fingerprint density at radius 3 is 2.68 bits per heavy atom. The van der Waals surface area contributed by atoms with E-state index < -0.39 is 10.0 Å². The van der Waals surface area contributed by atoms with Crippen LogP contribution in [0.15, 0.2) is 23.1 Å². The van der Waals surface area contributed by atoms with Gasteiger partial charge in [-0.15, -0.1) is 0 Å². The molecule has 0 amide bonds. The smallest absolute Gasteiger partial charge is 0.241 e. The summed E-state index contributed by atoms with van der Waals surface area (Å²) in [6, 6.07) is 5.57. The molecule has 5 heteroatoms. The van der Waals surface area contributed by atoms with E-state index in [1.54, 1.807) is 6.07 Å². The standard InChI is InChI=1S/C14H22N2O2S/c1-10-6-7-14(11(2)9-10)19(17,18)16-13-5-4-8-15-12(13)3/h6-7,9,12-13,15-16H,4-5,8H2,1-3H3/t12-,13+/m0/s1. The van der Waals surface area contributed by atoms with Gasteiger partial charge in [0, 0.05) is 12.1 Å². The van der Waals surface area contributed by atoms with Crippen LogP contribution in [0.2, 0.25) is 0 Å². The molecule has 1 aliphatic rings. The fourth-order valence-corrected chi connectivity index (χ4v) is 4.15. The number of hydrogen-bond acceptors (Lipinski definition) is 3. The average molecular weight is 282 g/mol. The van der Waals surface area contributed by atoms with Gasteiger partial charge in [0.15, 0.2) is 0 Å². The average Bonchev–Trinajstić information content (AvgIpc) is 2.31. The molecule has 1 heterocycles. The number of aryl methyl sites for hydroxylation is 2. The maximum atomic E-state index is 12.4. The van der Waals surface area contributed by atoms with Crippen LogP contribution in [0.4, 0.5) is 0 Å². The van der Waals surface area contributed by atoms with Crippen molar-refractivity contribution >= 4 is 10.0 Å². The third kappa shape index (κ3) is 3.35. The highest BCUT2D eigenvalue weighted by atomic mass is 32.2. The van der Waals surface area contributed by atoms with Crippen molar-refractivity contribution in [2.45, 2.75) is 50.6 Å². The van der Waals surface area contributed by atoms with E-state index >= 15 is 0 Å². The van der Waals surface area contributed by atoms with Crippen molar-refractivity contribution in [2.75, 3.05) is 6.54 Å². The molecule has 1 aliphatic heterocycles. The first-order valence-corrected chi connectivity index (χ1v) is 8.21. The van der Waals surface area contributed by atoms with Crippen LogP contribution in [0, 0.1) is 13.8 Å². The summed E-state index contributed by atoms with van der Waals surface area (Å²) >= 11 is 0. The summed E-state index contributed by atoms with van der Waals surface area (Å²) in [5.74, 6) is 0. The number of benzene rings is 1. The van der Waals surface area contributed by atoms with E-state index in [4.69, 9.17) is 0 Å². The van der Waals surface area contributed by atoms with Gasteiger partial charge in [-0.1, -0.05) is 17.7 Å². The Morgan fingerprint density at radius 1 is 1.32 bits per heavy atom. The minimum atomic E-state index is -3.43. The van der Waals surface area contributed by atoms with Crippen LogP contribution in [-0.4, -0.2) is 27.0 Å². The molecule has 1 aromatic rings. The molecular weight excluding hydrogens is 260 g/mol. The SMILES string of the molecule is Cc1ccc(S(=O)(=O)N[C@@H]2CCCN[C@H]2C)c(C)c1. The number of hydrogen-bond donors (Lipinski definition) is 2. The van der Waals surface area contributed by atoms with E-state index in [0.29, 0.717) is 4.90 Å². The summed E-state index contributed by atoms with van der Waals surface area (Å²) in [5, 5.41) is 3.30. The predicted octanol–water partition coefficient (Wildman–Crippen LogP) is 1.72. The minimum Gasteiger partial charge on any atom is -0.313 e. The van der Waals surface area contributed by atoms with Crippen LogP contribution in [0.1, 0.15) is 30.9 Å². The number of sulfonamides is 1. The van der Waals surface area contributed by atoms with E-state index in [0.717, 1.165) is 30.5 Å². The number of rotatable bonds is 3. The highest BCUT2D eigenvalue weighted by Crippen LogP contribution is 2.18. The van der Waals surface area contributed by atoms with Gasteiger partial charge >= 0.3 is 0 Å². The molecule has 0 saturated carbocycles. The minimum absolute atomic E-state index is 0.0283. The number of nitrogens with one attached hydrogen (secondary N) is 2. The van der Waals surface area contributed by atoms with Crippen molar-refractivity contribution in [2.24, 2.45) is 0 Å². The number of piperidine rings is 1. The fraction of sp³-hybridized carbons (Fsp3) is 0.571. The van der Waals surface area contributed by atoms with Crippen LogP contribution in [0.3, 0.4) is 0 Å². The van der Waals surface area contributed by atoms with Gasteiger partial charge in [-0.05, 0) is 51.8 Å². The molecule has 106 valence electrons. The van der Waals surface area contributed by atoms with Gasteiger partial charge in [0.2, 0.25) is 10.0 Å². The summed E-state index contributed by atoms with van der Waals surface area (Å²) < 4.78 is 27.7. The Kier molecular flexibility index (Phi) is 4.28. The Hall–Kier alpha value is -0.910. The monoisotopic (exact) mass is 282 g/mol. The molecule has 1 fully saturated rings. The first kappa shape index (κ1) is 14.5. The van der Waals surface area contributed by atoms with Crippen molar-refractivity contribution in [1.82, 2.24) is 10.0 Å². The van der Waals surface area contributed by atoms with Crippen molar-refractivity contribution in [3.8, 4) is 0 Å². The molecule has 1 saturated heterocycles. The molecule has 1 aromatic carbocycles. The van der Waals surface area contributed by atoms with Crippen LogP contribution in [0.25, 0.3) is 0 Å². The maximum Gasteiger partial charge on any atom is 0.241 e. The van der Waals surface area contributed by atoms with Crippen molar-refractivity contribution in [3.05, 3.63) is 29.3 Å². The van der Waals surface area contributed by atoms with Crippen molar-refractivity contribution in [3.63, 3.8) is 0 Å². The van der Waals surface area contributed by atoms with Crippen LogP contribution < -0.4 is 10.0 Å². The van der Waals surface area contributed by atoms with Gasteiger partial charge in [-0.2, -0.15) is 0 Å². The van der Waals surface area contributed by atoms with Crippen LogP contribution in [0.5, 0.6) is 0 Å². The van der Waals surface area contributed by atoms with Crippen LogP contribution >= 0.6 is 0 Å². The van der Waals surface area contributed by atoms with Crippen molar-refractivity contribution in [1.29, 1.82) is 0 Å². The Morgan fingerprint density at radius 2 is 2.05 bits per heavy atom. The van der Waals surface area contributed by atoms with Gasteiger partial charge < -0.3 is 5.32 Å². The quantitative estimate of drug-likeness (QED) is 0.887. The molecule has 0 aliphatic carbocycles. The summed E-state index contributed by atoms with van der Waals surface area (Å²) in [5.41, 5.74) is 1.87. The highest BCUT2D eigenvalue weighted by molar-refractivity contribution is 7.89. The van der Waals surface area contributed by atoms with Gasteiger partial charge in [0.25, 0.3) is 0 Å². The zero-order valence-electron chi connectivity index (χ0n) is 11.7. The first-order chi connectivity index (χ1) is 8.90. The third-order valence-corrected chi connectivity index (χ3v) is 5.34. The molecule has 0 unspecified atom stereocenters. The van der Waals surface area contributed by atoms with Gasteiger partial charge in [0.05, 0.1) is 4.90 Å². The molecule has 0 spiro atoms. The Balaban J connectivity index is 2.22. The van der Waals surface area contributed by atoms with Crippen molar-refractivity contribution < 1.29 is 8.42 Å². The van der Waals surface area contributed by atoms with E-state index in [-0.39, 0.29) is 12.1 Å². The summed E-state index contributed by atoms with van der Waals surface area (Å²) in [4.78, 5) is 0.385. The molecule has 0 aromatic heterocycles. The molecule has 2 atom stereocenters. The zero-order valence-corrected chi connectivity index (χ0v) is 12.5. The highest BCUT2D eigenvalue weighted by Gasteiger charge is 2.27. The summed E-state index contributed by atoms with van der Waals surface area (Å²) in [7, 11) is -3.43. The topological polar surface area (TPSA) is 58.2 Å². The van der Waals surface area contributed by atoms with Gasteiger partial charge in [-0.25, -0.2) is 13.1 Å².